The fraction of sp³-hybridized carbons (Fsp3) is 0.167. The molecule has 1 aromatic heterocycles. The first kappa shape index (κ1) is 20.7. The summed E-state index contributed by atoms with van der Waals surface area (Å²) >= 11 is 0. The summed E-state index contributed by atoms with van der Waals surface area (Å²) in [5.41, 5.74) is 4.46. The van der Waals surface area contributed by atoms with Gasteiger partial charge in [0.05, 0.1) is 11.6 Å². The van der Waals surface area contributed by atoms with Gasteiger partial charge in [-0.05, 0) is 60.4 Å². The third kappa shape index (κ3) is 4.70. The summed E-state index contributed by atoms with van der Waals surface area (Å²) in [6.45, 7) is 4.08. The SMILES string of the molecule is CCc1cccc(CC)c1NC(=O)c1cc(C(=O)Nc2ccc(C#N)cc2)ccn1. The van der Waals surface area contributed by atoms with Gasteiger partial charge in [-0.15, -0.1) is 0 Å². The summed E-state index contributed by atoms with van der Waals surface area (Å²) < 4.78 is 0. The van der Waals surface area contributed by atoms with E-state index < -0.39 is 0 Å². The molecule has 0 bridgehead atoms. The molecule has 30 heavy (non-hydrogen) atoms. The first-order valence-corrected chi connectivity index (χ1v) is 9.75. The van der Waals surface area contributed by atoms with Crippen molar-refractivity contribution in [3.8, 4) is 6.07 Å². The molecule has 2 amide bonds. The zero-order chi connectivity index (χ0) is 21.5. The van der Waals surface area contributed by atoms with Crippen molar-refractivity contribution in [1.82, 2.24) is 4.98 Å². The van der Waals surface area contributed by atoms with E-state index >= 15 is 0 Å². The molecule has 0 saturated carbocycles. The molecule has 0 atom stereocenters. The smallest absolute Gasteiger partial charge is 0.274 e. The third-order valence-corrected chi connectivity index (χ3v) is 4.76. The Morgan fingerprint density at radius 2 is 1.60 bits per heavy atom. The molecule has 3 rings (SSSR count). The Bertz CT molecular complexity index is 1090. The van der Waals surface area contributed by atoms with Crippen LogP contribution < -0.4 is 10.6 Å². The fourth-order valence-electron chi connectivity index (χ4n) is 3.11. The van der Waals surface area contributed by atoms with E-state index in [1.165, 1.54) is 12.3 Å². The van der Waals surface area contributed by atoms with Gasteiger partial charge in [0.25, 0.3) is 11.8 Å². The molecule has 2 aromatic carbocycles. The number of nitrogens with one attached hydrogen (secondary N) is 2. The molecule has 0 aliphatic carbocycles. The Kier molecular flexibility index (Phi) is 6.56. The minimum Gasteiger partial charge on any atom is -0.322 e. The van der Waals surface area contributed by atoms with Crippen LogP contribution in [0.25, 0.3) is 0 Å². The quantitative estimate of drug-likeness (QED) is 0.635. The van der Waals surface area contributed by atoms with Crippen LogP contribution in [0.5, 0.6) is 0 Å². The highest BCUT2D eigenvalue weighted by Crippen LogP contribution is 2.23. The number of rotatable bonds is 6. The van der Waals surface area contributed by atoms with Gasteiger partial charge in [0.2, 0.25) is 0 Å². The number of nitriles is 1. The Morgan fingerprint density at radius 3 is 2.20 bits per heavy atom. The van der Waals surface area contributed by atoms with Crippen molar-refractivity contribution >= 4 is 23.2 Å². The number of aryl methyl sites for hydroxylation is 2. The molecule has 2 N–H and O–H groups in total. The second-order valence-electron chi connectivity index (χ2n) is 6.69. The topological polar surface area (TPSA) is 94.9 Å². The van der Waals surface area contributed by atoms with Crippen LogP contribution in [0.2, 0.25) is 0 Å². The number of hydrogen-bond acceptors (Lipinski definition) is 4. The Balaban J connectivity index is 1.79. The average molecular weight is 398 g/mol. The molecule has 0 saturated heterocycles. The molecule has 0 radical (unpaired) electrons. The zero-order valence-corrected chi connectivity index (χ0v) is 16.9. The van der Waals surface area contributed by atoms with Gasteiger partial charge in [-0.1, -0.05) is 32.0 Å². The molecular weight excluding hydrogens is 376 g/mol. The van der Waals surface area contributed by atoms with E-state index in [1.807, 2.05) is 38.1 Å². The number of anilines is 2. The van der Waals surface area contributed by atoms with Crippen molar-refractivity contribution in [1.29, 1.82) is 5.26 Å². The van der Waals surface area contributed by atoms with Gasteiger partial charge in [-0.3, -0.25) is 14.6 Å². The van der Waals surface area contributed by atoms with Crippen molar-refractivity contribution in [3.05, 3.63) is 88.7 Å². The first-order chi connectivity index (χ1) is 14.5. The van der Waals surface area contributed by atoms with Gasteiger partial charge in [-0.2, -0.15) is 5.26 Å². The molecule has 6 nitrogen and oxygen atoms in total. The predicted octanol–water partition coefficient (Wildman–Crippen LogP) is 4.58. The monoisotopic (exact) mass is 398 g/mol. The van der Waals surface area contributed by atoms with E-state index in [9.17, 15) is 9.59 Å². The Morgan fingerprint density at radius 1 is 0.933 bits per heavy atom. The lowest BCUT2D eigenvalue weighted by molar-refractivity contribution is 0.102. The fourth-order valence-corrected chi connectivity index (χ4v) is 3.11. The molecule has 0 aliphatic heterocycles. The summed E-state index contributed by atoms with van der Waals surface area (Å²) in [7, 11) is 0. The standard InChI is InChI=1S/C24H22N4O2/c1-3-17-6-5-7-18(4-2)22(17)28-24(30)21-14-19(12-13-26-21)23(29)27-20-10-8-16(15-25)9-11-20/h5-14H,3-4H2,1-2H3,(H,27,29)(H,28,30). The highest BCUT2D eigenvalue weighted by molar-refractivity contribution is 6.08. The van der Waals surface area contributed by atoms with Crippen LogP contribution in [0.3, 0.4) is 0 Å². The normalized spacial score (nSPS) is 10.2. The van der Waals surface area contributed by atoms with Gasteiger partial charge >= 0.3 is 0 Å². The number of para-hydroxylation sites is 1. The molecule has 0 spiro atoms. The number of amides is 2. The number of benzene rings is 2. The van der Waals surface area contributed by atoms with Crippen LogP contribution >= 0.6 is 0 Å². The highest BCUT2D eigenvalue weighted by atomic mass is 16.2. The number of carbonyl (C=O) groups is 2. The number of aromatic nitrogens is 1. The molecule has 1 heterocycles. The molecule has 0 aliphatic rings. The summed E-state index contributed by atoms with van der Waals surface area (Å²) in [5, 5.41) is 14.6. The van der Waals surface area contributed by atoms with Crippen LogP contribution in [-0.4, -0.2) is 16.8 Å². The first-order valence-electron chi connectivity index (χ1n) is 9.75. The molecule has 0 fully saturated rings. The van der Waals surface area contributed by atoms with Crippen LogP contribution in [0.4, 0.5) is 11.4 Å². The van der Waals surface area contributed by atoms with Gasteiger partial charge in [0.15, 0.2) is 0 Å². The highest BCUT2D eigenvalue weighted by Gasteiger charge is 2.15. The average Bonchev–Trinajstić information content (AvgIpc) is 2.79. The van der Waals surface area contributed by atoms with Crippen LogP contribution in [0.1, 0.15) is 51.4 Å². The van der Waals surface area contributed by atoms with Crippen molar-refractivity contribution < 1.29 is 9.59 Å². The number of pyridine rings is 1. The van der Waals surface area contributed by atoms with Crippen LogP contribution in [0.15, 0.2) is 60.8 Å². The second-order valence-corrected chi connectivity index (χ2v) is 6.69. The molecule has 0 unspecified atom stereocenters. The van der Waals surface area contributed by atoms with Gasteiger partial charge in [0, 0.05) is 23.1 Å². The maximum atomic E-state index is 12.8. The van der Waals surface area contributed by atoms with E-state index in [4.69, 9.17) is 5.26 Å². The second kappa shape index (κ2) is 9.48. The van der Waals surface area contributed by atoms with Crippen LogP contribution in [0, 0.1) is 11.3 Å². The summed E-state index contributed by atoms with van der Waals surface area (Å²) in [5.74, 6) is -0.724. The largest absolute Gasteiger partial charge is 0.322 e. The van der Waals surface area contributed by atoms with Gasteiger partial charge < -0.3 is 10.6 Å². The van der Waals surface area contributed by atoms with Crippen molar-refractivity contribution in [2.75, 3.05) is 10.6 Å². The number of nitrogens with zero attached hydrogens (tertiary/aromatic N) is 2. The van der Waals surface area contributed by atoms with E-state index in [0.717, 1.165) is 29.7 Å². The van der Waals surface area contributed by atoms with E-state index in [1.54, 1.807) is 30.3 Å². The predicted molar refractivity (Wildman–Crippen MR) is 116 cm³/mol. The maximum Gasteiger partial charge on any atom is 0.274 e. The van der Waals surface area contributed by atoms with Gasteiger partial charge in [-0.25, -0.2) is 0 Å². The number of carbonyl (C=O) groups excluding carboxylic acids is 2. The summed E-state index contributed by atoms with van der Waals surface area (Å²) in [6.07, 6.45) is 3.03. The summed E-state index contributed by atoms with van der Waals surface area (Å²) in [4.78, 5) is 29.5. The maximum absolute atomic E-state index is 12.8. The lowest BCUT2D eigenvalue weighted by atomic mass is 10.0. The third-order valence-electron chi connectivity index (χ3n) is 4.76. The minimum absolute atomic E-state index is 0.162. The lowest BCUT2D eigenvalue weighted by Gasteiger charge is -2.14. The van der Waals surface area contributed by atoms with E-state index in [0.29, 0.717) is 16.8 Å². The van der Waals surface area contributed by atoms with E-state index in [-0.39, 0.29) is 17.5 Å². The van der Waals surface area contributed by atoms with Crippen molar-refractivity contribution in [2.45, 2.75) is 26.7 Å². The number of hydrogen-bond donors (Lipinski definition) is 2. The molecule has 6 heteroatoms. The van der Waals surface area contributed by atoms with Crippen LogP contribution in [-0.2, 0) is 12.8 Å². The lowest BCUT2D eigenvalue weighted by Crippen LogP contribution is -2.18. The molecule has 3 aromatic rings. The molecule has 150 valence electrons. The molecular formula is C24H22N4O2. The van der Waals surface area contributed by atoms with Gasteiger partial charge in [0.1, 0.15) is 5.69 Å². The van der Waals surface area contributed by atoms with Crippen molar-refractivity contribution in [3.63, 3.8) is 0 Å². The Labute approximate surface area is 175 Å². The van der Waals surface area contributed by atoms with Crippen molar-refractivity contribution in [2.24, 2.45) is 0 Å². The van der Waals surface area contributed by atoms with E-state index in [2.05, 4.69) is 15.6 Å². The Hall–Kier alpha value is -3.98. The minimum atomic E-state index is -0.362. The summed E-state index contributed by atoms with van der Waals surface area (Å²) in [6, 6.07) is 17.6. The zero-order valence-electron chi connectivity index (χ0n) is 16.9.